The third-order valence-electron chi connectivity index (χ3n) is 2.32. The van der Waals surface area contributed by atoms with Crippen LogP contribution in [-0.4, -0.2) is 35.5 Å². The number of hydrogen-bond donors (Lipinski definition) is 1. The van der Waals surface area contributed by atoms with Gasteiger partial charge in [-0.2, -0.15) is 0 Å². The monoisotopic (exact) mass is 184 g/mol. The third-order valence-corrected chi connectivity index (χ3v) is 2.32. The second-order valence-corrected chi connectivity index (χ2v) is 3.49. The number of rotatable bonds is 2. The van der Waals surface area contributed by atoms with E-state index in [-0.39, 0.29) is 18.2 Å². The molecule has 0 saturated carbocycles. The molecule has 1 fully saturated rings. The average molecular weight is 184 g/mol. The smallest absolute Gasteiger partial charge is 0.337 e. The second-order valence-electron chi connectivity index (χ2n) is 3.49. The summed E-state index contributed by atoms with van der Waals surface area (Å²) in [7, 11) is 0. The summed E-state index contributed by atoms with van der Waals surface area (Å²) in [5, 5.41) is 9.19. The molecule has 0 spiro atoms. The Morgan fingerprint density at radius 2 is 2.23 bits per heavy atom. The van der Waals surface area contributed by atoms with Gasteiger partial charge in [0.05, 0.1) is 17.8 Å². The van der Waals surface area contributed by atoms with Gasteiger partial charge in [0.2, 0.25) is 0 Å². The van der Waals surface area contributed by atoms with Crippen LogP contribution in [0.25, 0.3) is 0 Å². The number of ether oxygens (including phenoxy) is 2. The molecule has 0 aromatic carbocycles. The molecule has 0 aromatic heterocycles. The van der Waals surface area contributed by atoms with Gasteiger partial charge in [0.25, 0.3) is 0 Å². The van der Waals surface area contributed by atoms with Gasteiger partial charge in [0, 0.05) is 0 Å². The van der Waals surface area contributed by atoms with Crippen molar-refractivity contribution in [2.75, 3.05) is 0 Å². The zero-order chi connectivity index (χ0) is 9.59. The van der Waals surface area contributed by atoms with Gasteiger partial charge in [-0.3, -0.25) is 0 Å². The minimum absolute atomic E-state index is 0.103. The molecule has 1 N–H and O–H groups in total. The molecule has 0 amide bonds. The molecule has 2 unspecified atom stereocenters. The molecule has 13 heavy (non-hydrogen) atoms. The number of hydrogen-bond acceptors (Lipinski definition) is 4. The number of esters is 1. The first-order valence-electron chi connectivity index (χ1n) is 4.36. The molecule has 0 radical (unpaired) electrons. The van der Waals surface area contributed by atoms with Gasteiger partial charge in [-0.25, -0.2) is 4.79 Å². The van der Waals surface area contributed by atoms with Gasteiger partial charge in [-0.1, -0.05) is 0 Å². The van der Waals surface area contributed by atoms with Crippen molar-refractivity contribution in [2.24, 2.45) is 0 Å². The number of epoxide rings is 1. The minimum Gasteiger partial charge on any atom is -0.452 e. The molecule has 0 aromatic rings. The van der Waals surface area contributed by atoms with E-state index in [1.165, 1.54) is 0 Å². The predicted octanol–water partition coefficient (Wildman–Crippen LogP) is 0.00630. The van der Waals surface area contributed by atoms with Gasteiger partial charge in [0.15, 0.2) is 0 Å². The van der Waals surface area contributed by atoms with Crippen LogP contribution in [0.5, 0.6) is 0 Å². The van der Waals surface area contributed by atoms with Crippen molar-refractivity contribution >= 4 is 5.97 Å². The zero-order valence-corrected chi connectivity index (χ0v) is 7.56. The summed E-state index contributed by atoms with van der Waals surface area (Å²) >= 11 is 0. The standard InChI is InChI=1S/C9H12O4/c1-4(10)7-3-6(9(11)13-7)8-5(2)12-8/h3-5,7-8,10H,1-2H3/t4-,5?,7+,8?/m0/s1. The highest BCUT2D eigenvalue weighted by atomic mass is 16.6. The van der Waals surface area contributed by atoms with E-state index in [1.807, 2.05) is 6.92 Å². The van der Waals surface area contributed by atoms with E-state index in [4.69, 9.17) is 9.47 Å². The molecule has 2 aliphatic rings. The Bertz CT molecular complexity index is 269. The summed E-state index contributed by atoms with van der Waals surface area (Å²) in [5.41, 5.74) is 0.554. The Labute approximate surface area is 76.1 Å². The number of carbonyl (C=O) groups excluding carboxylic acids is 1. The Kier molecular flexibility index (Phi) is 1.89. The molecule has 4 nitrogen and oxygen atoms in total. The van der Waals surface area contributed by atoms with Gasteiger partial charge in [-0.05, 0) is 19.9 Å². The summed E-state index contributed by atoms with van der Waals surface area (Å²) in [6, 6.07) is 0. The fourth-order valence-electron chi connectivity index (χ4n) is 1.43. The topological polar surface area (TPSA) is 59.1 Å². The largest absolute Gasteiger partial charge is 0.452 e. The summed E-state index contributed by atoms with van der Waals surface area (Å²) in [6.07, 6.45) is 0.485. The molecule has 0 bridgehead atoms. The lowest BCUT2D eigenvalue weighted by atomic mass is 10.1. The van der Waals surface area contributed by atoms with Crippen molar-refractivity contribution in [3.8, 4) is 0 Å². The van der Waals surface area contributed by atoms with Crippen LogP contribution in [0, 0.1) is 0 Å². The summed E-state index contributed by atoms with van der Waals surface area (Å²) in [6.45, 7) is 3.49. The van der Waals surface area contributed by atoms with Crippen LogP contribution in [0.4, 0.5) is 0 Å². The summed E-state index contributed by atoms with van der Waals surface area (Å²) < 4.78 is 10.1. The lowest BCUT2D eigenvalue weighted by Gasteiger charge is -2.09. The molecular weight excluding hydrogens is 172 g/mol. The Hall–Kier alpha value is -0.870. The van der Waals surface area contributed by atoms with Crippen LogP contribution in [0.2, 0.25) is 0 Å². The molecular formula is C9H12O4. The van der Waals surface area contributed by atoms with Gasteiger partial charge >= 0.3 is 5.97 Å². The van der Waals surface area contributed by atoms with E-state index in [1.54, 1.807) is 13.0 Å². The fraction of sp³-hybridized carbons (Fsp3) is 0.667. The molecule has 2 heterocycles. The SMILES string of the molecule is CC1OC1C1=C[C@H]([C@H](C)O)OC1=O. The maximum Gasteiger partial charge on any atom is 0.337 e. The molecule has 72 valence electrons. The maximum atomic E-state index is 11.2. The van der Waals surface area contributed by atoms with E-state index in [0.717, 1.165) is 0 Å². The van der Waals surface area contributed by atoms with Crippen molar-refractivity contribution in [1.29, 1.82) is 0 Å². The van der Waals surface area contributed by atoms with Crippen LogP contribution in [0.1, 0.15) is 13.8 Å². The van der Waals surface area contributed by atoms with Gasteiger partial charge in [0.1, 0.15) is 12.2 Å². The van der Waals surface area contributed by atoms with E-state index in [2.05, 4.69) is 0 Å². The van der Waals surface area contributed by atoms with E-state index in [0.29, 0.717) is 5.57 Å². The number of aliphatic hydroxyl groups is 1. The molecule has 2 aliphatic heterocycles. The first-order chi connectivity index (χ1) is 6.09. The van der Waals surface area contributed by atoms with Crippen LogP contribution >= 0.6 is 0 Å². The van der Waals surface area contributed by atoms with Crippen LogP contribution in [0.15, 0.2) is 11.6 Å². The van der Waals surface area contributed by atoms with E-state index in [9.17, 15) is 9.90 Å². The van der Waals surface area contributed by atoms with Crippen molar-refractivity contribution in [3.63, 3.8) is 0 Å². The van der Waals surface area contributed by atoms with E-state index >= 15 is 0 Å². The number of aliphatic hydroxyl groups excluding tert-OH is 1. The van der Waals surface area contributed by atoms with E-state index < -0.39 is 12.2 Å². The lowest BCUT2D eigenvalue weighted by molar-refractivity contribution is -0.143. The van der Waals surface area contributed by atoms with Crippen molar-refractivity contribution in [1.82, 2.24) is 0 Å². The minimum atomic E-state index is -0.657. The van der Waals surface area contributed by atoms with Crippen molar-refractivity contribution < 1.29 is 19.4 Å². The van der Waals surface area contributed by atoms with Crippen LogP contribution < -0.4 is 0 Å². The molecule has 0 aliphatic carbocycles. The van der Waals surface area contributed by atoms with Gasteiger partial charge in [-0.15, -0.1) is 0 Å². The molecule has 4 atom stereocenters. The first kappa shape index (κ1) is 8.72. The Morgan fingerprint density at radius 1 is 1.62 bits per heavy atom. The third kappa shape index (κ3) is 1.47. The highest BCUT2D eigenvalue weighted by molar-refractivity contribution is 5.92. The summed E-state index contributed by atoms with van der Waals surface area (Å²) in [4.78, 5) is 11.2. The second kappa shape index (κ2) is 2.82. The highest BCUT2D eigenvalue weighted by Gasteiger charge is 2.45. The van der Waals surface area contributed by atoms with Gasteiger partial charge < -0.3 is 14.6 Å². The highest BCUT2D eigenvalue weighted by Crippen LogP contribution is 2.33. The fourth-order valence-corrected chi connectivity index (χ4v) is 1.43. The average Bonchev–Trinajstić information content (AvgIpc) is 2.60. The maximum absolute atomic E-state index is 11.2. The predicted molar refractivity (Wildman–Crippen MR) is 44.0 cm³/mol. The van der Waals surface area contributed by atoms with Crippen molar-refractivity contribution in [2.45, 2.75) is 38.3 Å². The Balaban J connectivity index is 2.10. The lowest BCUT2D eigenvalue weighted by Crippen LogP contribution is -2.22. The van der Waals surface area contributed by atoms with Crippen LogP contribution in [0.3, 0.4) is 0 Å². The Morgan fingerprint density at radius 3 is 2.62 bits per heavy atom. The molecule has 2 rings (SSSR count). The first-order valence-corrected chi connectivity index (χ1v) is 4.36. The quantitative estimate of drug-likeness (QED) is 0.485. The van der Waals surface area contributed by atoms with Crippen molar-refractivity contribution in [3.05, 3.63) is 11.6 Å². The van der Waals surface area contributed by atoms with Crippen LogP contribution in [-0.2, 0) is 14.3 Å². The number of cyclic esters (lactones) is 1. The normalized spacial score (nSPS) is 39.8. The molecule has 1 saturated heterocycles. The zero-order valence-electron chi connectivity index (χ0n) is 7.56. The number of carbonyl (C=O) groups is 1. The summed E-state index contributed by atoms with van der Waals surface area (Å²) in [5.74, 6) is -0.361. The molecule has 4 heteroatoms.